The standard InChI is InChI=1S/C15H28N2O2S/c1-14(13-5-6-13)11-16-15(7-3-4-8-15)12-17(14)9-10-20(2,18)19/h13,16H,3-12H2,1-2H3. The summed E-state index contributed by atoms with van der Waals surface area (Å²) in [6, 6.07) is 0. The van der Waals surface area contributed by atoms with E-state index in [2.05, 4.69) is 17.1 Å². The summed E-state index contributed by atoms with van der Waals surface area (Å²) < 4.78 is 23.1. The van der Waals surface area contributed by atoms with Crippen molar-refractivity contribution >= 4 is 9.84 Å². The molecule has 4 nitrogen and oxygen atoms in total. The normalized spacial score (nSPS) is 34.7. The second-order valence-corrected chi connectivity index (χ2v) is 9.78. The highest BCUT2D eigenvalue weighted by molar-refractivity contribution is 7.90. The summed E-state index contributed by atoms with van der Waals surface area (Å²) >= 11 is 0. The van der Waals surface area contributed by atoms with Crippen molar-refractivity contribution in [2.45, 2.75) is 56.5 Å². The molecule has 2 saturated carbocycles. The molecule has 5 heteroatoms. The van der Waals surface area contributed by atoms with E-state index in [-0.39, 0.29) is 11.1 Å². The second kappa shape index (κ2) is 4.96. The van der Waals surface area contributed by atoms with Gasteiger partial charge < -0.3 is 5.32 Å². The summed E-state index contributed by atoms with van der Waals surface area (Å²) in [4.78, 5) is 2.51. The van der Waals surface area contributed by atoms with Crippen LogP contribution in [0, 0.1) is 5.92 Å². The molecule has 3 aliphatic rings. The van der Waals surface area contributed by atoms with Crippen molar-refractivity contribution in [3.63, 3.8) is 0 Å². The smallest absolute Gasteiger partial charge is 0.148 e. The third kappa shape index (κ3) is 2.90. The average Bonchev–Trinajstić information content (AvgIpc) is 3.13. The number of nitrogens with zero attached hydrogens (tertiary/aromatic N) is 1. The lowest BCUT2D eigenvalue weighted by Gasteiger charge is -2.53. The lowest BCUT2D eigenvalue weighted by atomic mass is 9.83. The number of piperazine rings is 1. The van der Waals surface area contributed by atoms with Gasteiger partial charge in [-0.15, -0.1) is 0 Å². The van der Waals surface area contributed by atoms with Gasteiger partial charge in [0.05, 0.1) is 5.75 Å². The van der Waals surface area contributed by atoms with E-state index in [1.54, 1.807) is 0 Å². The fraction of sp³-hybridized carbons (Fsp3) is 1.00. The molecule has 1 saturated heterocycles. The minimum atomic E-state index is -2.88. The van der Waals surface area contributed by atoms with Crippen LogP contribution in [0.25, 0.3) is 0 Å². The highest BCUT2D eigenvalue weighted by atomic mass is 32.2. The summed E-state index contributed by atoms with van der Waals surface area (Å²) in [7, 11) is -2.88. The Morgan fingerprint density at radius 1 is 1.25 bits per heavy atom. The van der Waals surface area contributed by atoms with E-state index in [1.807, 2.05) is 0 Å². The van der Waals surface area contributed by atoms with Crippen molar-refractivity contribution in [1.82, 2.24) is 10.2 Å². The van der Waals surface area contributed by atoms with Crippen LogP contribution >= 0.6 is 0 Å². The molecule has 0 aromatic heterocycles. The zero-order valence-electron chi connectivity index (χ0n) is 12.8. The third-order valence-corrected chi connectivity index (χ3v) is 6.71. The van der Waals surface area contributed by atoms with Crippen molar-refractivity contribution < 1.29 is 8.42 Å². The molecule has 20 heavy (non-hydrogen) atoms. The number of nitrogens with one attached hydrogen (secondary N) is 1. The highest BCUT2D eigenvalue weighted by Gasteiger charge is 2.52. The molecule has 116 valence electrons. The summed E-state index contributed by atoms with van der Waals surface area (Å²) in [5.41, 5.74) is 0.435. The van der Waals surface area contributed by atoms with Crippen LogP contribution < -0.4 is 5.32 Å². The molecule has 1 unspecified atom stereocenters. The number of hydrogen-bond acceptors (Lipinski definition) is 4. The molecule has 0 radical (unpaired) electrons. The predicted molar refractivity (Wildman–Crippen MR) is 81.6 cm³/mol. The summed E-state index contributed by atoms with van der Waals surface area (Å²) in [6.07, 6.45) is 9.10. The van der Waals surface area contributed by atoms with Gasteiger partial charge in [0.1, 0.15) is 9.84 Å². The maximum Gasteiger partial charge on any atom is 0.148 e. The average molecular weight is 300 g/mol. The summed E-state index contributed by atoms with van der Waals surface area (Å²) in [6.45, 7) is 5.11. The summed E-state index contributed by atoms with van der Waals surface area (Å²) in [5.74, 6) is 1.05. The zero-order valence-corrected chi connectivity index (χ0v) is 13.6. The molecule has 0 aromatic carbocycles. The Labute approximate surface area is 123 Å². The van der Waals surface area contributed by atoms with Crippen LogP contribution in [0.5, 0.6) is 0 Å². The Hall–Kier alpha value is -0.130. The van der Waals surface area contributed by atoms with Gasteiger partial charge in [-0.2, -0.15) is 0 Å². The Morgan fingerprint density at radius 3 is 2.45 bits per heavy atom. The maximum atomic E-state index is 11.5. The number of rotatable bonds is 4. The molecule has 1 spiro atoms. The number of sulfone groups is 1. The van der Waals surface area contributed by atoms with Gasteiger partial charge in [-0.05, 0) is 38.5 Å². The minimum absolute atomic E-state index is 0.165. The molecule has 1 aliphatic heterocycles. The monoisotopic (exact) mass is 300 g/mol. The van der Waals surface area contributed by atoms with Gasteiger partial charge in [0, 0.05) is 37.0 Å². The third-order valence-electron chi connectivity index (χ3n) is 5.79. The SMILES string of the molecule is CC1(C2CC2)CNC2(CCCC2)CN1CCS(C)(=O)=O. The quantitative estimate of drug-likeness (QED) is 0.853. The first-order chi connectivity index (χ1) is 9.33. The van der Waals surface area contributed by atoms with Crippen LogP contribution in [-0.4, -0.2) is 56.0 Å². The molecular weight excluding hydrogens is 272 g/mol. The van der Waals surface area contributed by atoms with Gasteiger partial charge in [-0.25, -0.2) is 8.42 Å². The first kappa shape index (κ1) is 14.8. The largest absolute Gasteiger partial charge is 0.308 e. The van der Waals surface area contributed by atoms with E-state index >= 15 is 0 Å². The fourth-order valence-electron chi connectivity index (χ4n) is 4.19. The zero-order chi connectivity index (χ0) is 14.4. The van der Waals surface area contributed by atoms with Gasteiger partial charge in [-0.3, -0.25) is 4.90 Å². The molecule has 1 atom stereocenters. The molecule has 0 amide bonds. The molecule has 3 rings (SSSR count). The highest BCUT2D eigenvalue weighted by Crippen LogP contribution is 2.46. The van der Waals surface area contributed by atoms with Crippen LogP contribution in [0.2, 0.25) is 0 Å². The van der Waals surface area contributed by atoms with Gasteiger partial charge >= 0.3 is 0 Å². The second-order valence-electron chi connectivity index (χ2n) is 7.52. The van der Waals surface area contributed by atoms with Crippen LogP contribution in [0.3, 0.4) is 0 Å². The Balaban J connectivity index is 1.75. The lowest BCUT2D eigenvalue weighted by Crippen LogP contribution is -2.69. The Kier molecular flexibility index (Phi) is 3.67. The van der Waals surface area contributed by atoms with Crippen molar-refractivity contribution in [3.05, 3.63) is 0 Å². The van der Waals surface area contributed by atoms with Crippen molar-refractivity contribution in [1.29, 1.82) is 0 Å². The van der Waals surface area contributed by atoms with Crippen molar-refractivity contribution in [2.75, 3.05) is 31.6 Å². The van der Waals surface area contributed by atoms with Crippen LogP contribution in [0.1, 0.15) is 45.4 Å². The predicted octanol–water partition coefficient (Wildman–Crippen LogP) is 1.42. The van der Waals surface area contributed by atoms with Gasteiger partial charge in [0.15, 0.2) is 0 Å². The van der Waals surface area contributed by atoms with Crippen molar-refractivity contribution in [3.8, 4) is 0 Å². The molecule has 3 fully saturated rings. The molecule has 2 aliphatic carbocycles. The minimum Gasteiger partial charge on any atom is -0.308 e. The first-order valence-electron chi connectivity index (χ1n) is 8.01. The summed E-state index contributed by atoms with van der Waals surface area (Å²) in [5, 5.41) is 3.84. The topological polar surface area (TPSA) is 49.4 Å². The fourth-order valence-corrected chi connectivity index (χ4v) is 4.74. The van der Waals surface area contributed by atoms with E-state index in [4.69, 9.17) is 0 Å². The molecule has 1 N–H and O–H groups in total. The first-order valence-corrected chi connectivity index (χ1v) is 10.1. The number of hydrogen-bond donors (Lipinski definition) is 1. The lowest BCUT2D eigenvalue weighted by molar-refractivity contribution is 0.00743. The van der Waals surface area contributed by atoms with E-state index in [0.717, 1.165) is 19.0 Å². The Bertz CT molecular complexity index is 466. The van der Waals surface area contributed by atoms with E-state index in [0.29, 0.717) is 12.3 Å². The van der Waals surface area contributed by atoms with Gasteiger partial charge in [0.2, 0.25) is 0 Å². The van der Waals surface area contributed by atoms with Crippen LogP contribution in [-0.2, 0) is 9.84 Å². The van der Waals surface area contributed by atoms with Crippen molar-refractivity contribution in [2.24, 2.45) is 5.92 Å². The molecular formula is C15H28N2O2S. The Morgan fingerprint density at radius 2 is 1.90 bits per heavy atom. The van der Waals surface area contributed by atoms with Gasteiger partial charge in [0.25, 0.3) is 0 Å². The van der Waals surface area contributed by atoms with E-state index < -0.39 is 9.84 Å². The van der Waals surface area contributed by atoms with Gasteiger partial charge in [-0.1, -0.05) is 12.8 Å². The maximum absolute atomic E-state index is 11.5. The van der Waals surface area contributed by atoms with E-state index in [1.165, 1.54) is 44.8 Å². The van der Waals surface area contributed by atoms with Crippen LogP contribution in [0.15, 0.2) is 0 Å². The van der Waals surface area contributed by atoms with E-state index in [9.17, 15) is 8.42 Å². The molecule has 0 bridgehead atoms. The van der Waals surface area contributed by atoms with Crippen LogP contribution in [0.4, 0.5) is 0 Å². The molecule has 1 heterocycles. The molecule has 0 aromatic rings.